The van der Waals surface area contributed by atoms with Crippen molar-refractivity contribution in [1.29, 1.82) is 0 Å². The molecule has 1 aromatic carbocycles. The van der Waals surface area contributed by atoms with Crippen LogP contribution >= 0.6 is 15.9 Å². The summed E-state index contributed by atoms with van der Waals surface area (Å²) in [5.41, 5.74) is 1.32. The predicted molar refractivity (Wildman–Crippen MR) is 54.1 cm³/mol. The third kappa shape index (κ3) is 1.44. The van der Waals surface area contributed by atoms with Crippen LogP contribution in [0.2, 0.25) is 0 Å². The lowest BCUT2D eigenvalue weighted by atomic mass is 10.1. The molecule has 0 saturated heterocycles. The topological polar surface area (TPSA) is 12.9 Å². The number of halogens is 2. The number of fused-ring (bicyclic) bond motifs is 1. The Kier molecular flexibility index (Phi) is 2.04. The second kappa shape index (κ2) is 3.07. The van der Waals surface area contributed by atoms with Crippen molar-refractivity contribution >= 4 is 26.8 Å². The minimum Gasteiger partial charge on any atom is -0.253 e. The molecule has 0 N–H and O–H groups in total. The fourth-order valence-corrected chi connectivity index (χ4v) is 1.74. The number of hydrogen-bond acceptors (Lipinski definition) is 1. The first-order valence-electron chi connectivity index (χ1n) is 3.89. The molecule has 0 fully saturated rings. The molecule has 2 rings (SSSR count). The Morgan fingerprint density at radius 2 is 2.15 bits per heavy atom. The van der Waals surface area contributed by atoms with Gasteiger partial charge in [-0.25, -0.2) is 4.39 Å². The summed E-state index contributed by atoms with van der Waals surface area (Å²) in [6.45, 7) is 1.86. The van der Waals surface area contributed by atoms with E-state index in [-0.39, 0.29) is 5.82 Å². The molecule has 1 nitrogen and oxygen atoms in total. The molecule has 13 heavy (non-hydrogen) atoms. The van der Waals surface area contributed by atoms with Crippen LogP contribution in [0.15, 0.2) is 28.9 Å². The molecule has 0 radical (unpaired) electrons. The summed E-state index contributed by atoms with van der Waals surface area (Å²) < 4.78 is 14.2. The number of hydrogen-bond donors (Lipinski definition) is 0. The van der Waals surface area contributed by atoms with Gasteiger partial charge in [0.15, 0.2) is 0 Å². The largest absolute Gasteiger partial charge is 0.253 e. The predicted octanol–water partition coefficient (Wildman–Crippen LogP) is 3.44. The molecule has 3 heteroatoms. The molecule has 0 saturated carbocycles. The zero-order valence-electron chi connectivity index (χ0n) is 7.01. The van der Waals surface area contributed by atoms with E-state index >= 15 is 0 Å². The Morgan fingerprint density at radius 1 is 1.38 bits per heavy atom. The van der Waals surface area contributed by atoms with Gasteiger partial charge in [0.1, 0.15) is 11.3 Å². The van der Waals surface area contributed by atoms with Crippen molar-refractivity contribution < 1.29 is 4.39 Å². The molecule has 1 heterocycles. The lowest BCUT2D eigenvalue weighted by molar-refractivity contribution is 0.635. The van der Waals surface area contributed by atoms with Crippen LogP contribution in [0.25, 0.3) is 10.9 Å². The standard InChI is InChI=1S/C10H7BrFN/c1-6-4-7-8(11)2-3-13-10(7)9(12)5-6/h2-5H,1H3. The summed E-state index contributed by atoms with van der Waals surface area (Å²) in [6, 6.07) is 5.21. The van der Waals surface area contributed by atoms with Gasteiger partial charge >= 0.3 is 0 Å². The van der Waals surface area contributed by atoms with Gasteiger partial charge in [-0.3, -0.25) is 4.98 Å². The molecule has 66 valence electrons. The van der Waals surface area contributed by atoms with Crippen molar-refractivity contribution in [2.45, 2.75) is 6.92 Å². The molecule has 0 amide bonds. The third-order valence-electron chi connectivity index (χ3n) is 1.89. The highest BCUT2D eigenvalue weighted by atomic mass is 79.9. The fourth-order valence-electron chi connectivity index (χ4n) is 1.31. The zero-order valence-corrected chi connectivity index (χ0v) is 8.60. The highest BCUT2D eigenvalue weighted by Crippen LogP contribution is 2.24. The molecular formula is C10H7BrFN. The molecular weight excluding hydrogens is 233 g/mol. The Balaban J connectivity index is 2.94. The summed E-state index contributed by atoms with van der Waals surface area (Å²) in [6.07, 6.45) is 1.59. The van der Waals surface area contributed by atoms with Gasteiger partial charge in [0.2, 0.25) is 0 Å². The number of aromatic nitrogens is 1. The van der Waals surface area contributed by atoms with E-state index in [0.29, 0.717) is 5.52 Å². The molecule has 0 aliphatic heterocycles. The van der Waals surface area contributed by atoms with Gasteiger partial charge in [-0.05, 0) is 30.7 Å². The van der Waals surface area contributed by atoms with E-state index in [0.717, 1.165) is 15.4 Å². The van der Waals surface area contributed by atoms with E-state index < -0.39 is 0 Å². The second-order valence-corrected chi connectivity index (χ2v) is 3.79. The van der Waals surface area contributed by atoms with Crippen LogP contribution < -0.4 is 0 Å². The van der Waals surface area contributed by atoms with Crippen LogP contribution in [0.3, 0.4) is 0 Å². The number of aryl methyl sites for hydroxylation is 1. The zero-order chi connectivity index (χ0) is 9.42. The maximum absolute atomic E-state index is 13.3. The van der Waals surface area contributed by atoms with E-state index in [9.17, 15) is 4.39 Å². The fraction of sp³-hybridized carbons (Fsp3) is 0.100. The normalized spacial score (nSPS) is 10.7. The Hall–Kier alpha value is -0.960. The number of pyridine rings is 1. The van der Waals surface area contributed by atoms with Gasteiger partial charge in [-0.15, -0.1) is 0 Å². The molecule has 1 aromatic heterocycles. The monoisotopic (exact) mass is 239 g/mol. The van der Waals surface area contributed by atoms with Crippen molar-refractivity contribution in [2.24, 2.45) is 0 Å². The van der Waals surface area contributed by atoms with Crippen LogP contribution in [-0.4, -0.2) is 4.98 Å². The minimum absolute atomic E-state index is 0.267. The number of benzene rings is 1. The summed E-state index contributed by atoms with van der Waals surface area (Å²) in [5, 5.41) is 0.819. The van der Waals surface area contributed by atoms with Crippen LogP contribution in [-0.2, 0) is 0 Å². The van der Waals surface area contributed by atoms with Crippen LogP contribution in [0.1, 0.15) is 5.56 Å². The van der Waals surface area contributed by atoms with Gasteiger partial charge in [-0.1, -0.05) is 15.9 Å². The van der Waals surface area contributed by atoms with Gasteiger partial charge in [0.25, 0.3) is 0 Å². The van der Waals surface area contributed by atoms with Gasteiger partial charge in [0.05, 0.1) is 0 Å². The lowest BCUT2D eigenvalue weighted by Crippen LogP contribution is -1.86. The lowest BCUT2D eigenvalue weighted by Gasteiger charge is -2.02. The molecule has 0 aliphatic carbocycles. The number of nitrogens with zero attached hydrogens (tertiary/aromatic N) is 1. The first-order valence-corrected chi connectivity index (χ1v) is 4.68. The average molecular weight is 240 g/mol. The summed E-state index contributed by atoms with van der Waals surface area (Å²) >= 11 is 3.36. The first kappa shape index (κ1) is 8.63. The Bertz CT molecular complexity index is 468. The first-order chi connectivity index (χ1) is 6.18. The van der Waals surface area contributed by atoms with E-state index in [1.807, 2.05) is 13.0 Å². The third-order valence-corrected chi connectivity index (χ3v) is 2.58. The van der Waals surface area contributed by atoms with Gasteiger partial charge in [0, 0.05) is 16.1 Å². The second-order valence-electron chi connectivity index (χ2n) is 2.94. The van der Waals surface area contributed by atoms with Gasteiger partial charge < -0.3 is 0 Å². The van der Waals surface area contributed by atoms with Crippen molar-refractivity contribution in [3.05, 3.63) is 40.2 Å². The van der Waals surface area contributed by atoms with Gasteiger partial charge in [-0.2, -0.15) is 0 Å². The maximum atomic E-state index is 13.3. The molecule has 0 aliphatic rings. The highest BCUT2D eigenvalue weighted by Gasteiger charge is 2.05. The van der Waals surface area contributed by atoms with Crippen molar-refractivity contribution in [1.82, 2.24) is 4.98 Å². The van der Waals surface area contributed by atoms with E-state index in [4.69, 9.17) is 0 Å². The van der Waals surface area contributed by atoms with E-state index in [2.05, 4.69) is 20.9 Å². The van der Waals surface area contributed by atoms with Crippen LogP contribution in [0.5, 0.6) is 0 Å². The van der Waals surface area contributed by atoms with Crippen LogP contribution in [0.4, 0.5) is 4.39 Å². The Morgan fingerprint density at radius 3 is 2.92 bits per heavy atom. The van der Waals surface area contributed by atoms with E-state index in [1.165, 1.54) is 6.07 Å². The minimum atomic E-state index is -0.267. The van der Waals surface area contributed by atoms with Crippen LogP contribution in [0, 0.1) is 12.7 Å². The van der Waals surface area contributed by atoms with Crippen molar-refractivity contribution in [3.8, 4) is 0 Å². The quantitative estimate of drug-likeness (QED) is 0.687. The average Bonchev–Trinajstić information content (AvgIpc) is 2.07. The number of rotatable bonds is 0. The smallest absolute Gasteiger partial charge is 0.149 e. The molecule has 0 bridgehead atoms. The van der Waals surface area contributed by atoms with E-state index in [1.54, 1.807) is 12.3 Å². The molecule has 0 unspecified atom stereocenters. The SMILES string of the molecule is Cc1cc(F)c2nccc(Br)c2c1. The van der Waals surface area contributed by atoms with Crippen molar-refractivity contribution in [3.63, 3.8) is 0 Å². The molecule has 2 aromatic rings. The maximum Gasteiger partial charge on any atom is 0.149 e. The Labute approximate surface area is 83.7 Å². The molecule has 0 atom stereocenters. The summed E-state index contributed by atoms with van der Waals surface area (Å²) in [5.74, 6) is -0.267. The van der Waals surface area contributed by atoms with Crippen molar-refractivity contribution in [2.75, 3.05) is 0 Å². The highest BCUT2D eigenvalue weighted by molar-refractivity contribution is 9.10. The molecule has 0 spiro atoms. The summed E-state index contributed by atoms with van der Waals surface area (Å²) in [4.78, 5) is 3.98. The summed E-state index contributed by atoms with van der Waals surface area (Å²) in [7, 11) is 0.